The third kappa shape index (κ3) is 4.32. The van der Waals surface area contributed by atoms with E-state index in [1.54, 1.807) is 12.1 Å². The molecule has 8 nitrogen and oxygen atoms in total. The molecular formula is C24H20ClFN4O4. The van der Waals surface area contributed by atoms with Crippen LogP contribution in [0, 0.1) is 5.82 Å². The molecule has 1 saturated carbocycles. The molecule has 2 bridgehead atoms. The third-order valence-electron chi connectivity index (χ3n) is 6.00. The van der Waals surface area contributed by atoms with Gasteiger partial charge in [0.25, 0.3) is 11.8 Å². The number of nitrogens with zero attached hydrogens (tertiary/aromatic N) is 2. The Hall–Kier alpha value is -3.56. The van der Waals surface area contributed by atoms with Crippen molar-refractivity contribution in [1.29, 1.82) is 0 Å². The Bertz CT molecular complexity index is 1340. The molecule has 34 heavy (non-hydrogen) atoms. The van der Waals surface area contributed by atoms with E-state index in [2.05, 4.69) is 20.6 Å². The van der Waals surface area contributed by atoms with E-state index < -0.39 is 23.4 Å². The lowest BCUT2D eigenvalue weighted by molar-refractivity contribution is -0.126. The summed E-state index contributed by atoms with van der Waals surface area (Å²) in [6.07, 6.45) is 1.71. The van der Waals surface area contributed by atoms with Crippen molar-refractivity contribution in [2.45, 2.75) is 30.9 Å². The molecule has 1 heterocycles. The number of rotatable bonds is 6. The van der Waals surface area contributed by atoms with Crippen LogP contribution in [0.25, 0.3) is 11.0 Å². The number of amides is 2. The number of nitrogens with one attached hydrogen (secondary N) is 2. The van der Waals surface area contributed by atoms with Crippen molar-refractivity contribution >= 4 is 34.4 Å². The predicted octanol–water partition coefficient (Wildman–Crippen LogP) is 2.90. The van der Waals surface area contributed by atoms with Gasteiger partial charge in [-0.15, -0.1) is 0 Å². The summed E-state index contributed by atoms with van der Waals surface area (Å²) in [5.74, 6) is -1.28. The zero-order valence-electron chi connectivity index (χ0n) is 17.8. The molecule has 1 aromatic heterocycles. The number of hydrogen-bond acceptors (Lipinski definition) is 6. The first-order valence-corrected chi connectivity index (χ1v) is 11.0. The lowest BCUT2D eigenvalue weighted by atomic mass is 9.63. The zero-order chi connectivity index (χ0) is 23.9. The minimum absolute atomic E-state index is 0.0313. The van der Waals surface area contributed by atoms with Gasteiger partial charge in [-0.05, 0) is 42.7 Å². The van der Waals surface area contributed by atoms with Crippen LogP contribution in [0.4, 0.5) is 4.39 Å². The molecule has 10 heteroatoms. The number of aromatic nitrogens is 2. The van der Waals surface area contributed by atoms with Crippen LogP contribution in [0.5, 0.6) is 5.75 Å². The molecule has 0 aliphatic heterocycles. The normalized spacial score (nSPS) is 21.1. The predicted molar refractivity (Wildman–Crippen MR) is 122 cm³/mol. The van der Waals surface area contributed by atoms with Crippen LogP contribution in [0.2, 0.25) is 5.02 Å². The van der Waals surface area contributed by atoms with E-state index >= 15 is 0 Å². The minimum Gasteiger partial charge on any atom is -0.484 e. The number of para-hydroxylation sites is 2. The molecule has 2 aromatic carbocycles. The Morgan fingerprint density at radius 1 is 1.21 bits per heavy atom. The van der Waals surface area contributed by atoms with E-state index in [9.17, 15) is 19.1 Å². The first-order chi connectivity index (χ1) is 16.3. The molecule has 0 radical (unpaired) electrons. The molecule has 1 unspecified atom stereocenters. The number of fused-ring (bicyclic) bond motifs is 3. The SMILES string of the molecule is O=C(COc1ccc(Cl)c(F)c1)NC12CC(=C(NC(=O)c3cnc4ccccc4n3)C(O)C1)C2. The van der Waals surface area contributed by atoms with Crippen molar-refractivity contribution in [3.8, 4) is 5.75 Å². The van der Waals surface area contributed by atoms with Crippen molar-refractivity contribution < 1.29 is 23.8 Å². The maximum Gasteiger partial charge on any atom is 0.275 e. The highest BCUT2D eigenvalue weighted by atomic mass is 35.5. The van der Waals surface area contributed by atoms with Crippen molar-refractivity contribution in [2.24, 2.45) is 0 Å². The molecule has 174 valence electrons. The smallest absolute Gasteiger partial charge is 0.275 e. The maximum atomic E-state index is 13.5. The van der Waals surface area contributed by atoms with Crippen LogP contribution in [0.15, 0.2) is 59.9 Å². The average Bonchev–Trinajstić information content (AvgIpc) is 2.80. The van der Waals surface area contributed by atoms with Crippen LogP contribution in [-0.4, -0.2) is 45.1 Å². The highest BCUT2D eigenvalue weighted by molar-refractivity contribution is 6.30. The van der Waals surface area contributed by atoms with E-state index in [-0.39, 0.29) is 35.4 Å². The summed E-state index contributed by atoms with van der Waals surface area (Å²) in [5, 5.41) is 16.3. The fourth-order valence-corrected chi connectivity index (χ4v) is 4.54. The number of aliphatic hydroxyl groups excluding tert-OH is 1. The quantitative estimate of drug-likeness (QED) is 0.498. The van der Waals surface area contributed by atoms with Gasteiger partial charge in [0.05, 0.1) is 33.9 Å². The second kappa shape index (κ2) is 8.66. The van der Waals surface area contributed by atoms with Gasteiger partial charge < -0.3 is 20.5 Å². The molecule has 2 amide bonds. The Morgan fingerprint density at radius 2 is 1.97 bits per heavy atom. The second-order valence-corrected chi connectivity index (χ2v) is 8.89. The van der Waals surface area contributed by atoms with Crippen molar-refractivity contribution in [3.63, 3.8) is 0 Å². The summed E-state index contributed by atoms with van der Waals surface area (Å²) in [6.45, 7) is -0.303. The van der Waals surface area contributed by atoms with Crippen LogP contribution >= 0.6 is 11.6 Å². The van der Waals surface area contributed by atoms with E-state index in [4.69, 9.17) is 16.3 Å². The Labute approximate surface area is 198 Å². The maximum absolute atomic E-state index is 13.5. The average molecular weight is 483 g/mol. The molecule has 3 aliphatic carbocycles. The van der Waals surface area contributed by atoms with E-state index in [0.29, 0.717) is 29.6 Å². The molecule has 6 rings (SSSR count). The number of ether oxygens (including phenoxy) is 1. The van der Waals surface area contributed by atoms with Crippen molar-refractivity contribution in [3.05, 3.63) is 76.5 Å². The number of benzene rings is 2. The first kappa shape index (κ1) is 22.2. The van der Waals surface area contributed by atoms with Gasteiger partial charge in [0.2, 0.25) is 0 Å². The van der Waals surface area contributed by atoms with Gasteiger partial charge in [0.15, 0.2) is 6.61 Å². The summed E-state index contributed by atoms with van der Waals surface area (Å²) in [7, 11) is 0. The topological polar surface area (TPSA) is 113 Å². The highest BCUT2D eigenvalue weighted by Gasteiger charge is 2.50. The largest absolute Gasteiger partial charge is 0.484 e. The number of hydrogen-bond donors (Lipinski definition) is 3. The van der Waals surface area contributed by atoms with Gasteiger partial charge in [-0.3, -0.25) is 14.6 Å². The summed E-state index contributed by atoms with van der Waals surface area (Å²) in [4.78, 5) is 33.7. The summed E-state index contributed by atoms with van der Waals surface area (Å²) >= 11 is 5.64. The molecular weight excluding hydrogens is 463 g/mol. The van der Waals surface area contributed by atoms with Gasteiger partial charge >= 0.3 is 0 Å². The fraction of sp³-hybridized carbons (Fsp3) is 0.250. The molecule has 3 aliphatic rings. The number of carbonyl (C=O) groups excluding carboxylic acids is 2. The van der Waals surface area contributed by atoms with E-state index in [0.717, 1.165) is 11.6 Å². The van der Waals surface area contributed by atoms with Crippen LogP contribution < -0.4 is 15.4 Å². The van der Waals surface area contributed by atoms with E-state index in [1.807, 2.05) is 12.1 Å². The summed E-state index contributed by atoms with van der Waals surface area (Å²) in [5.41, 5.74) is 2.15. The number of aliphatic hydroxyl groups is 1. The number of carbonyl (C=O) groups is 2. The van der Waals surface area contributed by atoms with E-state index in [1.165, 1.54) is 18.3 Å². The van der Waals surface area contributed by atoms with Crippen molar-refractivity contribution in [1.82, 2.24) is 20.6 Å². The number of halogens is 2. The van der Waals surface area contributed by atoms with Crippen LogP contribution in [0.1, 0.15) is 29.8 Å². The lowest BCUT2D eigenvalue weighted by Gasteiger charge is -2.51. The molecule has 3 N–H and O–H groups in total. The standard InChI is InChI=1S/C24H20ClFN4O4/c25-15-6-5-14(7-16(15)26)34-12-21(32)30-24-8-13(9-24)22(20(31)10-24)29-23(33)19-11-27-17-3-1-2-4-18(17)28-19/h1-7,11,20,31H,8-10,12H2,(H,29,33)(H,30,32). The van der Waals surface area contributed by atoms with Crippen LogP contribution in [-0.2, 0) is 4.79 Å². The van der Waals surface area contributed by atoms with Crippen LogP contribution in [0.3, 0.4) is 0 Å². The van der Waals surface area contributed by atoms with Gasteiger partial charge in [-0.25, -0.2) is 9.37 Å². The third-order valence-corrected chi connectivity index (χ3v) is 6.30. The molecule has 0 spiro atoms. The Balaban J connectivity index is 1.20. The monoisotopic (exact) mass is 482 g/mol. The molecule has 1 atom stereocenters. The van der Waals surface area contributed by atoms with Gasteiger partial charge in [-0.2, -0.15) is 0 Å². The second-order valence-electron chi connectivity index (χ2n) is 8.48. The summed E-state index contributed by atoms with van der Waals surface area (Å²) < 4.78 is 18.8. The Kier molecular flexibility index (Phi) is 5.66. The first-order valence-electron chi connectivity index (χ1n) is 10.6. The lowest BCUT2D eigenvalue weighted by Crippen LogP contribution is -2.61. The Morgan fingerprint density at radius 3 is 2.71 bits per heavy atom. The molecule has 1 fully saturated rings. The zero-order valence-corrected chi connectivity index (χ0v) is 18.6. The molecule has 3 aromatic rings. The van der Waals surface area contributed by atoms with Gasteiger partial charge in [-0.1, -0.05) is 23.7 Å². The minimum atomic E-state index is -0.943. The van der Waals surface area contributed by atoms with Crippen molar-refractivity contribution in [2.75, 3.05) is 6.61 Å². The summed E-state index contributed by atoms with van der Waals surface area (Å²) in [6, 6.07) is 11.2. The highest BCUT2D eigenvalue weighted by Crippen LogP contribution is 2.47. The van der Waals surface area contributed by atoms with Gasteiger partial charge in [0.1, 0.15) is 17.3 Å². The fourth-order valence-electron chi connectivity index (χ4n) is 4.42. The van der Waals surface area contributed by atoms with Gasteiger partial charge in [0, 0.05) is 18.2 Å². The molecule has 0 saturated heterocycles.